The van der Waals surface area contributed by atoms with Crippen molar-refractivity contribution in [2.45, 2.75) is 12.8 Å². The predicted octanol–water partition coefficient (Wildman–Crippen LogP) is 3.06. The number of pyridine rings is 1. The Hall–Kier alpha value is -0.750. The number of aromatic nitrogens is 1. The highest BCUT2D eigenvalue weighted by Gasteiger charge is 2.19. The van der Waals surface area contributed by atoms with Gasteiger partial charge >= 0.3 is 5.97 Å². The fourth-order valence-corrected chi connectivity index (χ4v) is 1.52. The van der Waals surface area contributed by atoms with Gasteiger partial charge in [-0.3, -0.25) is 4.79 Å². The van der Waals surface area contributed by atoms with Gasteiger partial charge < -0.3 is 5.11 Å². The number of alkyl halides is 2. The summed E-state index contributed by atoms with van der Waals surface area (Å²) >= 11 is 8.51. The lowest BCUT2D eigenvalue weighted by molar-refractivity contribution is -0.136. The Morgan fingerprint density at radius 2 is 2.27 bits per heavy atom. The molecule has 0 amide bonds. The third-order valence-electron chi connectivity index (χ3n) is 1.59. The van der Waals surface area contributed by atoms with Crippen molar-refractivity contribution < 1.29 is 18.7 Å². The molecule has 0 fully saturated rings. The van der Waals surface area contributed by atoms with E-state index in [9.17, 15) is 13.6 Å². The van der Waals surface area contributed by atoms with Gasteiger partial charge in [-0.1, -0.05) is 11.6 Å². The summed E-state index contributed by atoms with van der Waals surface area (Å²) in [6, 6.07) is 1.24. The van der Waals surface area contributed by atoms with Crippen LogP contribution in [0.25, 0.3) is 0 Å². The van der Waals surface area contributed by atoms with Gasteiger partial charge in [-0.2, -0.15) is 0 Å². The monoisotopic (exact) mass is 299 g/mol. The topological polar surface area (TPSA) is 50.2 Å². The van der Waals surface area contributed by atoms with Crippen molar-refractivity contribution in [1.29, 1.82) is 0 Å². The molecule has 7 heteroatoms. The van der Waals surface area contributed by atoms with Gasteiger partial charge in [-0.05, 0) is 27.6 Å². The normalized spacial score (nSPS) is 10.7. The lowest BCUT2D eigenvalue weighted by Gasteiger charge is -2.07. The van der Waals surface area contributed by atoms with E-state index in [2.05, 4.69) is 20.9 Å². The quantitative estimate of drug-likeness (QED) is 0.873. The summed E-state index contributed by atoms with van der Waals surface area (Å²) in [6.45, 7) is 0. The molecule has 1 aromatic heterocycles. The number of carboxylic acids is 1. The zero-order valence-corrected chi connectivity index (χ0v) is 9.52. The van der Waals surface area contributed by atoms with Crippen molar-refractivity contribution in [3.8, 4) is 0 Å². The lowest BCUT2D eigenvalue weighted by atomic mass is 10.1. The third kappa shape index (κ3) is 3.10. The van der Waals surface area contributed by atoms with Gasteiger partial charge in [0, 0.05) is 0 Å². The van der Waals surface area contributed by atoms with Crippen LogP contribution in [0, 0.1) is 0 Å². The largest absolute Gasteiger partial charge is 0.481 e. The minimum atomic E-state index is -2.84. The Balaban J connectivity index is 3.21. The standard InChI is InChI=1S/C8H5BrClF2NO2/c9-4-1-3(2-5(14)15)6(8(11)12)13-7(4)10/h1,8H,2H2,(H,14,15). The summed E-state index contributed by atoms with van der Waals surface area (Å²) in [5.41, 5.74) is -0.639. The van der Waals surface area contributed by atoms with Crippen molar-refractivity contribution in [3.05, 3.63) is 26.9 Å². The van der Waals surface area contributed by atoms with E-state index in [1.54, 1.807) is 0 Å². The van der Waals surface area contributed by atoms with Gasteiger partial charge in [0.05, 0.1) is 10.9 Å². The van der Waals surface area contributed by atoms with Crippen LogP contribution in [0.1, 0.15) is 17.7 Å². The van der Waals surface area contributed by atoms with Crippen molar-refractivity contribution in [2.24, 2.45) is 0 Å². The Kier molecular flexibility index (Phi) is 3.98. The number of hydrogen-bond acceptors (Lipinski definition) is 2. The second kappa shape index (κ2) is 4.85. The first-order valence-corrected chi connectivity index (χ1v) is 4.93. The fourth-order valence-electron chi connectivity index (χ4n) is 1.01. The molecule has 0 bridgehead atoms. The summed E-state index contributed by atoms with van der Waals surface area (Å²) in [5, 5.41) is 8.40. The first-order chi connectivity index (χ1) is 6.91. The first kappa shape index (κ1) is 12.3. The lowest BCUT2D eigenvalue weighted by Crippen LogP contribution is -2.06. The number of nitrogens with zero attached hydrogens (tertiary/aromatic N) is 1. The van der Waals surface area contributed by atoms with E-state index >= 15 is 0 Å². The van der Waals surface area contributed by atoms with Crippen LogP contribution >= 0.6 is 27.5 Å². The minimum absolute atomic E-state index is 0.0474. The third-order valence-corrected chi connectivity index (χ3v) is 2.71. The molecule has 1 heterocycles. The molecule has 0 radical (unpaired) electrons. The molecule has 0 unspecified atom stereocenters. The number of aliphatic carboxylic acids is 1. The molecule has 1 N–H and O–H groups in total. The van der Waals surface area contributed by atoms with Crippen LogP contribution in [-0.4, -0.2) is 16.1 Å². The molecule has 3 nitrogen and oxygen atoms in total. The molecule has 0 spiro atoms. The number of carbonyl (C=O) groups is 1. The first-order valence-electron chi connectivity index (χ1n) is 3.76. The van der Waals surface area contributed by atoms with Crippen molar-refractivity contribution >= 4 is 33.5 Å². The molecular formula is C8H5BrClF2NO2. The highest BCUT2D eigenvalue weighted by atomic mass is 79.9. The Morgan fingerprint density at radius 3 is 2.73 bits per heavy atom. The highest BCUT2D eigenvalue weighted by Crippen LogP contribution is 2.28. The fraction of sp³-hybridized carbons (Fsp3) is 0.250. The van der Waals surface area contributed by atoms with Crippen LogP contribution in [0.3, 0.4) is 0 Å². The zero-order chi connectivity index (χ0) is 11.6. The van der Waals surface area contributed by atoms with Crippen LogP contribution in [0.15, 0.2) is 10.5 Å². The molecule has 1 rings (SSSR count). The highest BCUT2D eigenvalue weighted by molar-refractivity contribution is 9.10. The molecular weight excluding hydrogens is 295 g/mol. The molecule has 0 atom stereocenters. The van der Waals surface area contributed by atoms with Gasteiger partial charge in [0.25, 0.3) is 6.43 Å². The van der Waals surface area contributed by atoms with Gasteiger partial charge in [-0.25, -0.2) is 13.8 Å². The molecule has 82 valence electrons. The number of rotatable bonds is 3. The Morgan fingerprint density at radius 1 is 1.67 bits per heavy atom. The van der Waals surface area contributed by atoms with Gasteiger partial charge in [0.15, 0.2) is 0 Å². The van der Waals surface area contributed by atoms with E-state index in [0.717, 1.165) is 0 Å². The molecule has 0 aromatic carbocycles. The van der Waals surface area contributed by atoms with E-state index in [0.29, 0.717) is 4.47 Å². The summed E-state index contributed by atoms with van der Waals surface area (Å²) in [6.07, 6.45) is -3.35. The van der Waals surface area contributed by atoms with E-state index in [1.807, 2.05) is 0 Å². The van der Waals surface area contributed by atoms with E-state index < -0.39 is 24.5 Å². The summed E-state index contributed by atoms with van der Waals surface area (Å²) in [5.74, 6) is -1.20. The number of hydrogen-bond donors (Lipinski definition) is 1. The van der Waals surface area contributed by atoms with Crippen LogP contribution < -0.4 is 0 Å². The van der Waals surface area contributed by atoms with Crippen LogP contribution in [0.5, 0.6) is 0 Å². The van der Waals surface area contributed by atoms with Gasteiger partial charge in [0.1, 0.15) is 10.8 Å². The maximum Gasteiger partial charge on any atom is 0.307 e. The minimum Gasteiger partial charge on any atom is -0.481 e. The zero-order valence-electron chi connectivity index (χ0n) is 7.18. The maximum atomic E-state index is 12.5. The number of carboxylic acid groups (broad SMARTS) is 1. The summed E-state index contributed by atoms with van der Waals surface area (Å²) in [7, 11) is 0. The summed E-state index contributed by atoms with van der Waals surface area (Å²) < 4.78 is 25.2. The molecule has 1 aromatic rings. The number of halogens is 4. The Bertz CT molecular complexity index is 400. The van der Waals surface area contributed by atoms with Crippen molar-refractivity contribution in [1.82, 2.24) is 4.98 Å². The van der Waals surface area contributed by atoms with Crippen molar-refractivity contribution in [2.75, 3.05) is 0 Å². The Labute approximate surface area is 97.2 Å². The maximum absolute atomic E-state index is 12.5. The average Bonchev–Trinajstić information content (AvgIpc) is 2.09. The van der Waals surface area contributed by atoms with E-state index in [1.165, 1.54) is 6.07 Å². The van der Waals surface area contributed by atoms with Crippen molar-refractivity contribution in [3.63, 3.8) is 0 Å². The van der Waals surface area contributed by atoms with Crippen LogP contribution in [0.2, 0.25) is 5.15 Å². The molecule has 0 saturated heterocycles. The second-order valence-corrected chi connectivity index (χ2v) is 3.89. The SMILES string of the molecule is O=C(O)Cc1cc(Br)c(Cl)nc1C(F)F. The van der Waals surface area contributed by atoms with E-state index in [4.69, 9.17) is 16.7 Å². The molecule has 15 heavy (non-hydrogen) atoms. The van der Waals surface area contributed by atoms with Crippen LogP contribution in [-0.2, 0) is 11.2 Å². The average molecular weight is 300 g/mol. The van der Waals surface area contributed by atoms with Gasteiger partial charge in [0.2, 0.25) is 0 Å². The predicted molar refractivity (Wildman–Crippen MR) is 53.2 cm³/mol. The molecule has 0 saturated carbocycles. The van der Waals surface area contributed by atoms with E-state index in [-0.39, 0.29) is 10.7 Å². The molecule has 0 aliphatic heterocycles. The van der Waals surface area contributed by atoms with Gasteiger partial charge in [-0.15, -0.1) is 0 Å². The molecule has 0 aliphatic rings. The smallest absolute Gasteiger partial charge is 0.307 e. The second-order valence-electron chi connectivity index (χ2n) is 2.68. The van der Waals surface area contributed by atoms with Crippen LogP contribution in [0.4, 0.5) is 8.78 Å². The summed E-state index contributed by atoms with van der Waals surface area (Å²) in [4.78, 5) is 13.8. The molecule has 0 aliphatic carbocycles.